The van der Waals surface area contributed by atoms with Crippen molar-refractivity contribution >= 4 is 17.6 Å². The number of rotatable bonds is 7. The van der Waals surface area contributed by atoms with Crippen LogP contribution in [-0.4, -0.2) is 40.2 Å². The van der Waals surface area contributed by atoms with Crippen molar-refractivity contribution in [3.8, 4) is 11.1 Å². The quantitative estimate of drug-likeness (QED) is 0.354. The predicted molar refractivity (Wildman–Crippen MR) is 128 cm³/mol. The zero-order valence-electron chi connectivity index (χ0n) is 19.6. The first-order chi connectivity index (χ1) is 16.9. The predicted octanol–water partition coefficient (Wildman–Crippen LogP) is 3.25. The van der Waals surface area contributed by atoms with E-state index in [-0.39, 0.29) is 12.3 Å². The Bertz CT molecular complexity index is 1360. The van der Waals surface area contributed by atoms with E-state index in [9.17, 15) is 9.59 Å². The number of hydrogen-bond donors (Lipinski definition) is 3. The van der Waals surface area contributed by atoms with Gasteiger partial charge < -0.3 is 19.6 Å². The summed E-state index contributed by atoms with van der Waals surface area (Å²) in [6.45, 7) is 3.73. The average Bonchev–Trinajstić information content (AvgIpc) is 3.57. The van der Waals surface area contributed by atoms with E-state index in [4.69, 9.17) is 9.26 Å². The van der Waals surface area contributed by atoms with E-state index in [0.29, 0.717) is 22.6 Å². The minimum atomic E-state index is -1.34. The summed E-state index contributed by atoms with van der Waals surface area (Å²) >= 11 is 0. The zero-order chi connectivity index (χ0) is 24.6. The van der Waals surface area contributed by atoms with Crippen LogP contribution in [-0.2, 0) is 26.3 Å². The van der Waals surface area contributed by atoms with Gasteiger partial charge in [-0.2, -0.15) is 0 Å². The van der Waals surface area contributed by atoms with Gasteiger partial charge >= 0.3 is 5.97 Å². The number of benzene rings is 2. The Labute approximate surface area is 201 Å². The summed E-state index contributed by atoms with van der Waals surface area (Å²) in [5.41, 5.74) is 3.94. The first-order valence-electron chi connectivity index (χ1n) is 11.2. The second kappa shape index (κ2) is 8.84. The van der Waals surface area contributed by atoms with Gasteiger partial charge in [-0.3, -0.25) is 14.9 Å². The molecule has 0 radical (unpaired) electrons. The molecule has 1 aliphatic rings. The summed E-state index contributed by atoms with van der Waals surface area (Å²) in [5.74, 6) is -0.0872. The molecule has 0 bridgehead atoms. The van der Waals surface area contributed by atoms with E-state index in [1.165, 1.54) is 7.11 Å². The second-order valence-electron chi connectivity index (χ2n) is 8.53. The lowest BCUT2D eigenvalue weighted by molar-refractivity contribution is -0.143. The molecule has 178 valence electrons. The third-order valence-electron chi connectivity index (χ3n) is 6.40. The highest BCUT2D eigenvalue weighted by atomic mass is 16.5. The number of amides is 1. The Kier molecular flexibility index (Phi) is 5.70. The number of aryl methyl sites for hydroxylation is 2. The van der Waals surface area contributed by atoms with Crippen molar-refractivity contribution in [2.75, 3.05) is 12.4 Å². The summed E-state index contributed by atoms with van der Waals surface area (Å²) in [7, 11) is 1.33. The molecule has 3 heterocycles. The third kappa shape index (κ3) is 3.79. The molecule has 5 rings (SSSR count). The molecule has 1 unspecified atom stereocenters. The topological polar surface area (TPSA) is 122 Å². The van der Waals surface area contributed by atoms with Crippen LogP contribution in [0, 0.1) is 13.8 Å². The molecule has 0 saturated carbocycles. The summed E-state index contributed by atoms with van der Waals surface area (Å²) < 4.78 is 10.5. The standard InChI is InChI=1S/C26H25N5O4/c1-15-23(16(2)35-31-15)17-9-10-21-20(11-17)26(25(33)29-21,18-7-5-4-6-8-18)30-22(24(32)34-3)12-19-13-27-14-28-19/h4-11,13-14,22,30H,12H2,1-3H3,(H,27,28)(H,29,33)/t22?,26-/m0/s1. The van der Waals surface area contributed by atoms with Crippen LogP contribution in [0.2, 0.25) is 0 Å². The number of aromatic nitrogens is 3. The van der Waals surface area contributed by atoms with Gasteiger partial charge in [0.15, 0.2) is 5.54 Å². The lowest BCUT2D eigenvalue weighted by atomic mass is 9.81. The van der Waals surface area contributed by atoms with Crippen molar-refractivity contribution in [3.05, 3.63) is 89.3 Å². The monoisotopic (exact) mass is 471 g/mol. The van der Waals surface area contributed by atoms with Gasteiger partial charge in [-0.15, -0.1) is 0 Å². The van der Waals surface area contributed by atoms with Gasteiger partial charge in [0, 0.05) is 35.1 Å². The molecular formula is C26H25N5O4. The van der Waals surface area contributed by atoms with Crippen molar-refractivity contribution in [3.63, 3.8) is 0 Å². The normalized spacial score (nSPS) is 17.6. The lowest BCUT2D eigenvalue weighted by Gasteiger charge is -2.33. The summed E-state index contributed by atoms with van der Waals surface area (Å²) in [4.78, 5) is 33.7. The molecular weight excluding hydrogens is 446 g/mol. The van der Waals surface area contributed by atoms with E-state index in [2.05, 4.69) is 25.8 Å². The molecule has 1 amide bonds. The summed E-state index contributed by atoms with van der Waals surface area (Å²) in [6, 6.07) is 14.3. The molecule has 0 fully saturated rings. The Hall–Kier alpha value is -4.24. The van der Waals surface area contributed by atoms with Crippen LogP contribution in [0.25, 0.3) is 11.1 Å². The Morgan fingerprint density at radius 2 is 2.00 bits per heavy atom. The minimum absolute atomic E-state index is 0.257. The van der Waals surface area contributed by atoms with Crippen molar-refractivity contribution in [1.29, 1.82) is 0 Å². The van der Waals surface area contributed by atoms with Crippen LogP contribution in [0.1, 0.15) is 28.3 Å². The van der Waals surface area contributed by atoms with Crippen LogP contribution in [0.3, 0.4) is 0 Å². The number of carbonyl (C=O) groups excluding carboxylic acids is 2. The fraction of sp³-hybridized carbons (Fsp3) is 0.231. The lowest BCUT2D eigenvalue weighted by Crippen LogP contribution is -2.56. The number of fused-ring (bicyclic) bond motifs is 1. The number of imidazole rings is 1. The molecule has 9 heteroatoms. The van der Waals surface area contributed by atoms with Gasteiger partial charge in [-0.25, -0.2) is 4.98 Å². The highest BCUT2D eigenvalue weighted by Crippen LogP contribution is 2.44. The Morgan fingerprint density at radius 3 is 2.66 bits per heavy atom. The molecule has 35 heavy (non-hydrogen) atoms. The molecule has 4 aromatic rings. The van der Waals surface area contributed by atoms with E-state index in [0.717, 1.165) is 22.5 Å². The van der Waals surface area contributed by atoms with Gasteiger partial charge in [0.1, 0.15) is 11.8 Å². The number of H-pyrrole nitrogens is 1. The number of anilines is 1. The SMILES string of the molecule is COC(=O)C(Cc1cnc[nH]1)N[C@]1(c2ccccc2)C(=O)Nc2ccc(-c3c(C)noc3C)cc21. The van der Waals surface area contributed by atoms with Gasteiger partial charge in [-0.05, 0) is 37.1 Å². The van der Waals surface area contributed by atoms with Gasteiger partial charge in [-0.1, -0.05) is 41.6 Å². The Morgan fingerprint density at radius 1 is 1.20 bits per heavy atom. The Balaban J connectivity index is 1.68. The minimum Gasteiger partial charge on any atom is -0.468 e. The van der Waals surface area contributed by atoms with Gasteiger partial charge in [0.25, 0.3) is 5.91 Å². The van der Waals surface area contributed by atoms with E-state index in [1.54, 1.807) is 12.5 Å². The van der Waals surface area contributed by atoms with Crippen molar-refractivity contribution in [1.82, 2.24) is 20.4 Å². The van der Waals surface area contributed by atoms with Crippen molar-refractivity contribution in [2.45, 2.75) is 31.8 Å². The maximum atomic E-state index is 13.8. The zero-order valence-corrected chi connectivity index (χ0v) is 19.6. The molecule has 2 aromatic carbocycles. The second-order valence-corrected chi connectivity index (χ2v) is 8.53. The van der Waals surface area contributed by atoms with Gasteiger partial charge in [0.2, 0.25) is 0 Å². The van der Waals surface area contributed by atoms with Crippen LogP contribution in [0.5, 0.6) is 0 Å². The highest BCUT2D eigenvalue weighted by Gasteiger charge is 2.50. The van der Waals surface area contributed by atoms with Crippen LogP contribution >= 0.6 is 0 Å². The van der Waals surface area contributed by atoms with Crippen LogP contribution in [0.4, 0.5) is 5.69 Å². The summed E-state index contributed by atoms with van der Waals surface area (Å²) in [5, 5.41) is 10.4. The maximum absolute atomic E-state index is 13.8. The molecule has 1 aliphatic heterocycles. The number of ether oxygens (including phenoxy) is 1. The highest BCUT2D eigenvalue weighted by molar-refractivity contribution is 6.09. The first-order valence-corrected chi connectivity index (χ1v) is 11.2. The van der Waals surface area contributed by atoms with Crippen LogP contribution in [0.15, 0.2) is 65.6 Å². The molecule has 3 N–H and O–H groups in total. The average molecular weight is 472 g/mol. The van der Waals surface area contributed by atoms with Gasteiger partial charge in [0.05, 0.1) is 19.1 Å². The van der Waals surface area contributed by atoms with Crippen molar-refractivity contribution in [2.24, 2.45) is 0 Å². The molecule has 0 spiro atoms. The number of aromatic amines is 1. The molecule has 0 aliphatic carbocycles. The third-order valence-corrected chi connectivity index (χ3v) is 6.40. The first kappa shape index (κ1) is 22.5. The summed E-state index contributed by atoms with van der Waals surface area (Å²) in [6.07, 6.45) is 3.45. The largest absolute Gasteiger partial charge is 0.468 e. The molecule has 2 atom stereocenters. The maximum Gasteiger partial charge on any atom is 0.323 e. The number of methoxy groups -OCH3 is 1. The smallest absolute Gasteiger partial charge is 0.323 e. The molecule has 2 aromatic heterocycles. The number of carbonyl (C=O) groups is 2. The molecule has 9 nitrogen and oxygen atoms in total. The number of hydrogen-bond acceptors (Lipinski definition) is 7. The fourth-order valence-corrected chi connectivity index (χ4v) is 4.77. The number of nitrogens with zero attached hydrogens (tertiary/aromatic N) is 2. The fourth-order valence-electron chi connectivity index (χ4n) is 4.77. The van der Waals surface area contributed by atoms with E-state index < -0.39 is 17.6 Å². The molecule has 0 saturated heterocycles. The van der Waals surface area contributed by atoms with E-state index >= 15 is 0 Å². The van der Waals surface area contributed by atoms with Crippen molar-refractivity contribution < 1.29 is 18.8 Å². The van der Waals surface area contributed by atoms with Crippen LogP contribution < -0.4 is 10.6 Å². The van der Waals surface area contributed by atoms with E-state index in [1.807, 2.05) is 62.4 Å². The number of esters is 1. The number of nitrogens with one attached hydrogen (secondary N) is 3.